The first kappa shape index (κ1) is 13.8. The molecule has 20 heavy (non-hydrogen) atoms. The lowest BCUT2D eigenvalue weighted by Gasteiger charge is -2.62. The first-order valence-electron chi connectivity index (χ1n) is 7.83. The minimum atomic E-state index is -0.247. The number of thiophene rings is 1. The van der Waals surface area contributed by atoms with Crippen LogP contribution in [0.1, 0.15) is 61.3 Å². The van der Waals surface area contributed by atoms with Crippen molar-refractivity contribution in [1.29, 1.82) is 0 Å². The van der Waals surface area contributed by atoms with E-state index in [2.05, 4.69) is 35.8 Å². The van der Waals surface area contributed by atoms with E-state index in [0.29, 0.717) is 5.41 Å². The van der Waals surface area contributed by atoms with Gasteiger partial charge >= 0.3 is 0 Å². The van der Waals surface area contributed by atoms with Crippen LogP contribution in [-0.2, 0) is 0 Å². The summed E-state index contributed by atoms with van der Waals surface area (Å²) in [5.41, 5.74) is 0.685. The van der Waals surface area contributed by atoms with Crippen LogP contribution in [-0.4, -0.2) is 5.11 Å². The van der Waals surface area contributed by atoms with E-state index >= 15 is 0 Å². The third-order valence-corrected chi connectivity index (χ3v) is 8.31. The Morgan fingerprint density at radius 2 is 1.95 bits per heavy atom. The SMILES string of the molecule is Cc1sc(C(O)C23CC4CC(CC(C)(C4)C2)C3)cc1Br. The van der Waals surface area contributed by atoms with Crippen molar-refractivity contribution in [3.05, 3.63) is 20.3 Å². The molecular formula is C17H23BrOS. The summed E-state index contributed by atoms with van der Waals surface area (Å²) in [6, 6.07) is 2.16. The van der Waals surface area contributed by atoms with Crippen LogP contribution in [0, 0.1) is 29.6 Å². The predicted octanol–water partition coefficient (Wildman–Crippen LogP) is 5.46. The minimum absolute atomic E-state index is 0.176. The van der Waals surface area contributed by atoms with Gasteiger partial charge in [0.2, 0.25) is 0 Å². The molecule has 4 fully saturated rings. The van der Waals surface area contributed by atoms with E-state index in [9.17, 15) is 5.11 Å². The lowest BCUT2D eigenvalue weighted by Crippen LogP contribution is -2.52. The van der Waals surface area contributed by atoms with Crippen LogP contribution in [0.4, 0.5) is 0 Å². The molecule has 0 radical (unpaired) electrons. The van der Waals surface area contributed by atoms with Gasteiger partial charge in [0.1, 0.15) is 0 Å². The molecule has 1 nitrogen and oxygen atoms in total. The molecule has 0 aliphatic heterocycles. The highest BCUT2D eigenvalue weighted by Crippen LogP contribution is 2.68. The molecule has 4 saturated carbocycles. The van der Waals surface area contributed by atoms with Crippen molar-refractivity contribution in [1.82, 2.24) is 0 Å². The Labute approximate surface area is 133 Å². The van der Waals surface area contributed by atoms with E-state index in [1.807, 2.05) is 0 Å². The van der Waals surface area contributed by atoms with Gasteiger partial charge in [-0.1, -0.05) is 6.92 Å². The van der Waals surface area contributed by atoms with Gasteiger partial charge in [0.05, 0.1) is 6.10 Å². The molecule has 0 spiro atoms. The molecule has 0 aromatic carbocycles. The number of halogens is 1. The Hall–Kier alpha value is 0.140. The summed E-state index contributed by atoms with van der Waals surface area (Å²) in [5.74, 6) is 1.75. The fourth-order valence-electron chi connectivity index (χ4n) is 6.04. The van der Waals surface area contributed by atoms with Gasteiger partial charge in [0, 0.05) is 19.6 Å². The molecule has 110 valence electrons. The van der Waals surface area contributed by atoms with Gasteiger partial charge in [-0.25, -0.2) is 0 Å². The molecular weight excluding hydrogens is 332 g/mol. The Bertz CT molecular complexity index is 516. The molecule has 4 bridgehead atoms. The highest BCUT2D eigenvalue weighted by Gasteiger charge is 2.58. The van der Waals surface area contributed by atoms with Crippen LogP contribution >= 0.6 is 27.3 Å². The molecule has 1 aromatic rings. The van der Waals surface area contributed by atoms with Gasteiger partial charge in [-0.2, -0.15) is 0 Å². The van der Waals surface area contributed by atoms with Gasteiger partial charge in [-0.05, 0) is 84.7 Å². The first-order chi connectivity index (χ1) is 9.39. The van der Waals surface area contributed by atoms with E-state index in [1.165, 1.54) is 48.3 Å². The topological polar surface area (TPSA) is 20.2 Å². The average Bonchev–Trinajstić information content (AvgIpc) is 2.65. The van der Waals surface area contributed by atoms with Gasteiger partial charge in [0.25, 0.3) is 0 Å². The number of hydrogen-bond donors (Lipinski definition) is 1. The van der Waals surface area contributed by atoms with E-state index in [1.54, 1.807) is 11.3 Å². The van der Waals surface area contributed by atoms with Crippen molar-refractivity contribution in [3.63, 3.8) is 0 Å². The van der Waals surface area contributed by atoms with Gasteiger partial charge in [0.15, 0.2) is 0 Å². The summed E-state index contributed by atoms with van der Waals surface area (Å²) in [4.78, 5) is 2.47. The summed E-state index contributed by atoms with van der Waals surface area (Å²) < 4.78 is 1.16. The number of aryl methyl sites for hydroxylation is 1. The third kappa shape index (κ3) is 1.96. The summed E-state index contributed by atoms with van der Waals surface area (Å²) in [6.07, 6.45) is 7.75. The van der Waals surface area contributed by atoms with Crippen LogP contribution in [0.25, 0.3) is 0 Å². The standard InChI is InChI=1S/C17H23BrOS/c1-10-13(18)4-14(20-10)15(19)17-7-11-3-12(8-17)6-16(2,5-11)9-17/h4,11-12,15,19H,3,5-9H2,1-2H3. The van der Waals surface area contributed by atoms with Crippen LogP contribution < -0.4 is 0 Å². The lowest BCUT2D eigenvalue weighted by molar-refractivity contribution is -0.154. The molecule has 1 heterocycles. The first-order valence-corrected chi connectivity index (χ1v) is 9.44. The fraction of sp³-hybridized carbons (Fsp3) is 0.765. The monoisotopic (exact) mass is 354 g/mol. The Morgan fingerprint density at radius 3 is 2.45 bits per heavy atom. The second-order valence-electron chi connectivity index (χ2n) is 8.09. The van der Waals surface area contributed by atoms with Crippen LogP contribution in [0.2, 0.25) is 0 Å². The highest BCUT2D eigenvalue weighted by molar-refractivity contribution is 9.10. The number of rotatable bonds is 2. The summed E-state index contributed by atoms with van der Waals surface area (Å²) in [5, 5.41) is 11.1. The third-order valence-electron chi connectivity index (χ3n) is 6.12. The molecule has 5 rings (SSSR count). The second kappa shape index (κ2) is 4.33. The Kier molecular flexibility index (Phi) is 2.98. The lowest BCUT2D eigenvalue weighted by atomic mass is 9.43. The summed E-state index contributed by atoms with van der Waals surface area (Å²) in [6.45, 7) is 4.60. The summed E-state index contributed by atoms with van der Waals surface area (Å²) >= 11 is 5.38. The molecule has 4 aliphatic rings. The molecule has 0 amide bonds. The number of aliphatic hydroxyl groups excluding tert-OH is 1. The van der Waals surface area contributed by atoms with Crippen LogP contribution in [0.5, 0.6) is 0 Å². The average molecular weight is 355 g/mol. The smallest absolute Gasteiger partial charge is 0.0938 e. The summed E-state index contributed by atoms with van der Waals surface area (Å²) in [7, 11) is 0. The van der Waals surface area contributed by atoms with Crippen LogP contribution in [0.3, 0.4) is 0 Å². The van der Waals surface area contributed by atoms with Gasteiger partial charge in [-0.3, -0.25) is 0 Å². The molecule has 0 saturated heterocycles. The van der Waals surface area contributed by atoms with Crippen LogP contribution in [0.15, 0.2) is 10.5 Å². The maximum absolute atomic E-state index is 11.1. The zero-order valence-corrected chi connectivity index (χ0v) is 14.7. The predicted molar refractivity (Wildman–Crippen MR) is 86.9 cm³/mol. The zero-order valence-electron chi connectivity index (χ0n) is 12.3. The largest absolute Gasteiger partial charge is 0.387 e. The zero-order chi connectivity index (χ0) is 14.1. The minimum Gasteiger partial charge on any atom is -0.387 e. The van der Waals surface area contributed by atoms with E-state index in [4.69, 9.17) is 0 Å². The van der Waals surface area contributed by atoms with Crippen molar-refractivity contribution in [3.8, 4) is 0 Å². The molecule has 1 aromatic heterocycles. The quantitative estimate of drug-likeness (QED) is 0.747. The Morgan fingerprint density at radius 1 is 1.30 bits per heavy atom. The molecule has 1 N–H and O–H groups in total. The maximum Gasteiger partial charge on any atom is 0.0938 e. The fourth-order valence-corrected chi connectivity index (χ4v) is 7.73. The van der Waals surface area contributed by atoms with Crippen molar-refractivity contribution in [2.45, 2.75) is 58.5 Å². The van der Waals surface area contributed by atoms with E-state index < -0.39 is 0 Å². The molecule has 4 aliphatic carbocycles. The normalized spacial score (nSPS) is 44.0. The van der Waals surface area contributed by atoms with Crippen molar-refractivity contribution >= 4 is 27.3 Å². The van der Waals surface area contributed by atoms with Crippen molar-refractivity contribution in [2.24, 2.45) is 22.7 Å². The molecule has 3 atom stereocenters. The highest BCUT2D eigenvalue weighted by atomic mass is 79.9. The Balaban J connectivity index is 1.70. The number of hydrogen-bond acceptors (Lipinski definition) is 2. The van der Waals surface area contributed by atoms with Crippen molar-refractivity contribution < 1.29 is 5.11 Å². The van der Waals surface area contributed by atoms with E-state index in [0.717, 1.165) is 16.3 Å². The van der Waals surface area contributed by atoms with E-state index in [-0.39, 0.29) is 11.5 Å². The van der Waals surface area contributed by atoms with Gasteiger partial charge in [-0.15, -0.1) is 11.3 Å². The number of aliphatic hydroxyl groups is 1. The maximum atomic E-state index is 11.1. The van der Waals surface area contributed by atoms with Crippen molar-refractivity contribution in [2.75, 3.05) is 0 Å². The molecule has 3 heteroatoms. The van der Waals surface area contributed by atoms with Gasteiger partial charge < -0.3 is 5.11 Å². The molecule has 3 unspecified atom stereocenters. The second-order valence-corrected chi connectivity index (χ2v) is 10.2.